The smallest absolute Gasteiger partial charge is 0.251 e. The molecule has 1 aliphatic heterocycles. The fourth-order valence-electron chi connectivity index (χ4n) is 2.29. The van der Waals surface area contributed by atoms with Crippen LogP contribution in [-0.2, 0) is 6.54 Å². The van der Waals surface area contributed by atoms with Gasteiger partial charge in [0.05, 0.1) is 4.58 Å². The fraction of sp³-hybridized carbons (Fsp3) is 0.235. The maximum absolute atomic E-state index is 12.2. The van der Waals surface area contributed by atoms with Crippen LogP contribution in [0.15, 0.2) is 42.5 Å². The van der Waals surface area contributed by atoms with E-state index in [1.54, 1.807) is 12.1 Å². The molecule has 0 aromatic heterocycles. The summed E-state index contributed by atoms with van der Waals surface area (Å²) in [5.41, 5.74) is 2.78. The van der Waals surface area contributed by atoms with Crippen molar-refractivity contribution in [2.24, 2.45) is 0 Å². The molecule has 2 nitrogen and oxygen atoms in total. The lowest BCUT2D eigenvalue weighted by Crippen LogP contribution is -2.22. The quantitative estimate of drug-likeness (QED) is 0.765. The predicted molar refractivity (Wildman–Crippen MR) is 102 cm³/mol. The maximum Gasteiger partial charge on any atom is 0.251 e. The minimum Gasteiger partial charge on any atom is -0.348 e. The average Bonchev–Trinajstić information content (AvgIpc) is 3.08. The van der Waals surface area contributed by atoms with Gasteiger partial charge in [-0.15, -0.1) is 23.5 Å². The predicted octanol–water partition coefficient (Wildman–Crippen LogP) is 5.40. The van der Waals surface area contributed by atoms with Gasteiger partial charge in [-0.25, -0.2) is 0 Å². The van der Waals surface area contributed by atoms with E-state index in [0.717, 1.165) is 5.56 Å². The van der Waals surface area contributed by atoms with E-state index in [1.807, 2.05) is 53.9 Å². The van der Waals surface area contributed by atoms with E-state index in [0.29, 0.717) is 26.7 Å². The molecule has 0 bridgehead atoms. The number of amides is 1. The normalized spacial score (nSPS) is 14.9. The van der Waals surface area contributed by atoms with Crippen LogP contribution in [0.2, 0.25) is 10.0 Å². The van der Waals surface area contributed by atoms with Gasteiger partial charge in [-0.05, 0) is 35.4 Å². The summed E-state index contributed by atoms with van der Waals surface area (Å²) in [6.45, 7) is 0.380. The SMILES string of the molecule is O=C(NCc1ccc(Cl)cc1Cl)c1ccc(C2SCCS2)cc1. The Morgan fingerprint density at radius 1 is 1.09 bits per heavy atom. The van der Waals surface area contributed by atoms with Crippen molar-refractivity contribution >= 4 is 52.6 Å². The van der Waals surface area contributed by atoms with Gasteiger partial charge in [-0.3, -0.25) is 4.79 Å². The van der Waals surface area contributed by atoms with Gasteiger partial charge in [0.1, 0.15) is 0 Å². The molecule has 0 saturated carbocycles. The molecule has 1 amide bonds. The molecule has 1 saturated heterocycles. The summed E-state index contributed by atoms with van der Waals surface area (Å²) >= 11 is 15.9. The molecular formula is C17H15Cl2NOS2. The van der Waals surface area contributed by atoms with Crippen LogP contribution in [-0.4, -0.2) is 17.4 Å². The third-order valence-corrected chi connectivity index (χ3v) is 7.21. The molecule has 0 unspecified atom stereocenters. The summed E-state index contributed by atoms with van der Waals surface area (Å²) in [5, 5.41) is 4.03. The number of halogens is 2. The number of nitrogens with one attached hydrogen (secondary N) is 1. The van der Waals surface area contributed by atoms with Crippen LogP contribution >= 0.6 is 46.7 Å². The monoisotopic (exact) mass is 383 g/mol. The lowest BCUT2D eigenvalue weighted by Gasteiger charge is -2.10. The Kier molecular flexibility index (Phi) is 5.81. The Morgan fingerprint density at radius 2 is 1.78 bits per heavy atom. The molecule has 2 aromatic carbocycles. The van der Waals surface area contributed by atoms with Gasteiger partial charge in [0, 0.05) is 33.7 Å². The van der Waals surface area contributed by atoms with E-state index < -0.39 is 0 Å². The number of hydrogen-bond donors (Lipinski definition) is 1. The summed E-state index contributed by atoms with van der Waals surface area (Å²) in [6, 6.07) is 13.1. The topological polar surface area (TPSA) is 29.1 Å². The minimum absolute atomic E-state index is 0.103. The maximum atomic E-state index is 12.2. The van der Waals surface area contributed by atoms with E-state index in [1.165, 1.54) is 17.1 Å². The number of thioether (sulfide) groups is 2. The van der Waals surface area contributed by atoms with Crippen molar-refractivity contribution in [3.8, 4) is 0 Å². The van der Waals surface area contributed by atoms with Crippen molar-refractivity contribution < 1.29 is 4.79 Å². The highest BCUT2D eigenvalue weighted by Crippen LogP contribution is 2.45. The van der Waals surface area contributed by atoms with Crippen molar-refractivity contribution in [2.45, 2.75) is 11.1 Å². The largest absolute Gasteiger partial charge is 0.348 e. The Labute approximate surface area is 154 Å². The van der Waals surface area contributed by atoms with Crippen molar-refractivity contribution in [1.82, 2.24) is 5.32 Å². The Morgan fingerprint density at radius 3 is 2.43 bits per heavy atom. The fourth-order valence-corrected chi connectivity index (χ4v) is 5.62. The molecule has 2 aromatic rings. The third-order valence-electron chi connectivity index (χ3n) is 3.52. The van der Waals surface area contributed by atoms with E-state index in [9.17, 15) is 4.79 Å². The molecule has 0 aliphatic carbocycles. The first-order valence-corrected chi connectivity index (χ1v) is 10.0. The molecule has 23 heavy (non-hydrogen) atoms. The van der Waals surface area contributed by atoms with E-state index in [4.69, 9.17) is 23.2 Å². The van der Waals surface area contributed by atoms with Gasteiger partial charge in [0.25, 0.3) is 5.91 Å². The first-order chi connectivity index (χ1) is 11.1. The number of hydrogen-bond acceptors (Lipinski definition) is 3. The summed E-state index contributed by atoms with van der Waals surface area (Å²) in [7, 11) is 0. The summed E-state index contributed by atoms with van der Waals surface area (Å²) in [6.07, 6.45) is 0. The molecule has 120 valence electrons. The van der Waals surface area contributed by atoms with Crippen LogP contribution in [0, 0.1) is 0 Å². The van der Waals surface area contributed by atoms with Gasteiger partial charge in [-0.1, -0.05) is 41.4 Å². The van der Waals surface area contributed by atoms with Crippen molar-refractivity contribution in [3.05, 3.63) is 69.2 Å². The standard InChI is InChI=1S/C17H15Cl2NOS2/c18-14-6-5-13(15(19)9-14)10-20-16(21)11-1-3-12(4-2-11)17-22-7-8-23-17/h1-6,9,17H,7-8,10H2,(H,20,21). The first-order valence-electron chi connectivity index (χ1n) is 7.19. The number of carbonyl (C=O) groups excluding carboxylic acids is 1. The Hall–Kier alpha value is -0.810. The molecule has 0 spiro atoms. The van der Waals surface area contributed by atoms with Crippen molar-refractivity contribution in [3.63, 3.8) is 0 Å². The Bertz CT molecular complexity index is 700. The van der Waals surface area contributed by atoms with Gasteiger partial charge in [-0.2, -0.15) is 0 Å². The highest BCUT2D eigenvalue weighted by molar-refractivity contribution is 8.19. The number of rotatable bonds is 4. The molecule has 3 rings (SSSR count). The lowest BCUT2D eigenvalue weighted by atomic mass is 10.1. The van der Waals surface area contributed by atoms with Crippen molar-refractivity contribution in [1.29, 1.82) is 0 Å². The van der Waals surface area contributed by atoms with Crippen LogP contribution in [0.5, 0.6) is 0 Å². The van der Waals surface area contributed by atoms with E-state index in [2.05, 4.69) is 5.32 Å². The number of benzene rings is 2. The molecule has 1 N–H and O–H groups in total. The highest BCUT2D eigenvalue weighted by atomic mass is 35.5. The zero-order chi connectivity index (χ0) is 16.2. The highest BCUT2D eigenvalue weighted by Gasteiger charge is 2.18. The van der Waals surface area contributed by atoms with Crippen LogP contribution in [0.25, 0.3) is 0 Å². The van der Waals surface area contributed by atoms with Gasteiger partial charge < -0.3 is 5.32 Å². The Balaban J connectivity index is 1.61. The van der Waals surface area contributed by atoms with Gasteiger partial charge >= 0.3 is 0 Å². The molecular weight excluding hydrogens is 369 g/mol. The summed E-state index contributed by atoms with van der Waals surface area (Å²) < 4.78 is 0.500. The zero-order valence-corrected chi connectivity index (χ0v) is 15.4. The lowest BCUT2D eigenvalue weighted by molar-refractivity contribution is 0.0951. The van der Waals surface area contributed by atoms with Crippen molar-refractivity contribution in [2.75, 3.05) is 11.5 Å². The summed E-state index contributed by atoms with van der Waals surface area (Å²) in [5.74, 6) is 2.29. The summed E-state index contributed by atoms with van der Waals surface area (Å²) in [4.78, 5) is 12.2. The zero-order valence-electron chi connectivity index (χ0n) is 12.2. The van der Waals surface area contributed by atoms with E-state index in [-0.39, 0.29) is 5.91 Å². The molecule has 1 aliphatic rings. The molecule has 0 atom stereocenters. The van der Waals surface area contributed by atoms with Crippen LogP contribution in [0.4, 0.5) is 0 Å². The van der Waals surface area contributed by atoms with E-state index >= 15 is 0 Å². The van der Waals surface area contributed by atoms with Crippen LogP contribution in [0.1, 0.15) is 26.1 Å². The second-order valence-corrected chi connectivity index (χ2v) is 8.68. The van der Waals surface area contributed by atoms with Crippen LogP contribution < -0.4 is 5.32 Å². The second kappa shape index (κ2) is 7.84. The first kappa shape index (κ1) is 17.0. The molecule has 6 heteroatoms. The average molecular weight is 384 g/mol. The van der Waals surface area contributed by atoms with Gasteiger partial charge in [0.15, 0.2) is 0 Å². The number of carbonyl (C=O) groups is 1. The van der Waals surface area contributed by atoms with Crippen LogP contribution in [0.3, 0.4) is 0 Å². The minimum atomic E-state index is -0.103. The second-order valence-electron chi connectivity index (χ2n) is 5.11. The molecule has 0 radical (unpaired) electrons. The third kappa shape index (κ3) is 4.38. The molecule has 1 fully saturated rings. The van der Waals surface area contributed by atoms with Gasteiger partial charge in [0.2, 0.25) is 0 Å². The molecule has 1 heterocycles.